The zero-order chi connectivity index (χ0) is 12.4. The summed E-state index contributed by atoms with van der Waals surface area (Å²) in [6, 6.07) is 8.06. The largest absolute Gasteiger partial charge is 0.316 e. The molecule has 1 N–H and O–H groups in total. The molecule has 1 atom stereocenters. The summed E-state index contributed by atoms with van der Waals surface area (Å²) in [6.07, 6.45) is 0. The van der Waals surface area contributed by atoms with Crippen molar-refractivity contribution in [3.63, 3.8) is 0 Å². The van der Waals surface area contributed by atoms with Crippen LogP contribution in [0.4, 0.5) is 5.69 Å². The minimum absolute atomic E-state index is 0.0989. The Bertz CT molecular complexity index is 412. The van der Waals surface area contributed by atoms with Gasteiger partial charge in [-0.1, -0.05) is 19.1 Å². The molecule has 92 valence electrons. The molecule has 0 saturated carbocycles. The lowest BCUT2D eigenvalue weighted by atomic mass is 9.88. The third-order valence-corrected chi connectivity index (χ3v) is 3.63. The van der Waals surface area contributed by atoms with Gasteiger partial charge in [0.1, 0.15) is 0 Å². The van der Waals surface area contributed by atoms with Crippen molar-refractivity contribution in [1.29, 1.82) is 0 Å². The fourth-order valence-electron chi connectivity index (χ4n) is 2.14. The molecule has 3 heteroatoms. The van der Waals surface area contributed by atoms with Crippen molar-refractivity contribution < 1.29 is 4.79 Å². The van der Waals surface area contributed by atoms with Crippen molar-refractivity contribution in [2.75, 3.05) is 25.0 Å². The number of hydrogen-bond acceptors (Lipinski definition) is 2. The van der Waals surface area contributed by atoms with E-state index in [1.165, 1.54) is 5.56 Å². The second kappa shape index (κ2) is 4.88. The molecule has 1 amide bonds. The molecular weight excluding hydrogens is 212 g/mol. The normalized spacial score (nSPS) is 17.4. The van der Waals surface area contributed by atoms with E-state index in [0.717, 1.165) is 18.8 Å². The minimum Gasteiger partial charge on any atom is -0.316 e. The van der Waals surface area contributed by atoms with Crippen LogP contribution in [0.5, 0.6) is 0 Å². The maximum atomic E-state index is 12.3. The van der Waals surface area contributed by atoms with Gasteiger partial charge in [-0.2, -0.15) is 0 Å². The standard InChI is InChI=1S/C14H20N2O/c1-10-5-4-6-13(7-10)16(3)14(17)11(2)12-8-15-9-12/h4-7,11-12,15H,8-9H2,1-3H3. The van der Waals surface area contributed by atoms with Gasteiger partial charge in [-0.05, 0) is 43.6 Å². The molecule has 1 aliphatic rings. The van der Waals surface area contributed by atoms with Crippen LogP contribution in [0.3, 0.4) is 0 Å². The predicted octanol–water partition coefficient (Wildman–Crippen LogP) is 1.81. The first-order valence-corrected chi connectivity index (χ1v) is 6.14. The average molecular weight is 232 g/mol. The summed E-state index contributed by atoms with van der Waals surface area (Å²) in [6.45, 7) is 6.00. The monoisotopic (exact) mass is 232 g/mol. The fraction of sp³-hybridized carbons (Fsp3) is 0.500. The Labute approximate surface area is 103 Å². The topological polar surface area (TPSA) is 32.3 Å². The molecule has 0 radical (unpaired) electrons. The van der Waals surface area contributed by atoms with Gasteiger partial charge in [0, 0.05) is 18.7 Å². The highest BCUT2D eigenvalue weighted by atomic mass is 16.2. The maximum absolute atomic E-state index is 12.3. The van der Waals surface area contributed by atoms with Crippen LogP contribution in [0.1, 0.15) is 12.5 Å². The van der Waals surface area contributed by atoms with Gasteiger partial charge in [0.15, 0.2) is 0 Å². The Morgan fingerprint density at radius 2 is 2.18 bits per heavy atom. The molecule has 1 aliphatic heterocycles. The van der Waals surface area contributed by atoms with Gasteiger partial charge in [0.05, 0.1) is 0 Å². The van der Waals surface area contributed by atoms with Crippen LogP contribution in [0.2, 0.25) is 0 Å². The molecule has 0 bridgehead atoms. The Hall–Kier alpha value is -1.35. The molecule has 1 fully saturated rings. The number of amides is 1. The van der Waals surface area contributed by atoms with E-state index >= 15 is 0 Å². The van der Waals surface area contributed by atoms with Crippen LogP contribution in [0, 0.1) is 18.8 Å². The molecular formula is C14H20N2O. The van der Waals surface area contributed by atoms with Crippen LogP contribution in [0.15, 0.2) is 24.3 Å². The molecule has 0 aliphatic carbocycles. The van der Waals surface area contributed by atoms with E-state index in [9.17, 15) is 4.79 Å². The van der Waals surface area contributed by atoms with E-state index in [1.54, 1.807) is 4.90 Å². The van der Waals surface area contributed by atoms with E-state index in [4.69, 9.17) is 0 Å². The van der Waals surface area contributed by atoms with Crippen molar-refractivity contribution in [2.24, 2.45) is 11.8 Å². The number of nitrogens with zero attached hydrogens (tertiary/aromatic N) is 1. The number of benzene rings is 1. The van der Waals surface area contributed by atoms with E-state index in [-0.39, 0.29) is 11.8 Å². The van der Waals surface area contributed by atoms with Gasteiger partial charge in [-0.15, -0.1) is 0 Å². The first kappa shape index (κ1) is 12.1. The molecule has 1 saturated heterocycles. The van der Waals surface area contributed by atoms with Gasteiger partial charge in [-0.25, -0.2) is 0 Å². The summed E-state index contributed by atoms with van der Waals surface area (Å²) in [5.74, 6) is 0.804. The third-order valence-electron chi connectivity index (χ3n) is 3.63. The van der Waals surface area contributed by atoms with Gasteiger partial charge in [0.2, 0.25) is 5.91 Å². The highest BCUT2D eigenvalue weighted by molar-refractivity contribution is 5.94. The number of hydrogen-bond donors (Lipinski definition) is 1. The van der Waals surface area contributed by atoms with E-state index < -0.39 is 0 Å². The van der Waals surface area contributed by atoms with Crippen LogP contribution in [-0.2, 0) is 4.79 Å². The van der Waals surface area contributed by atoms with Crippen molar-refractivity contribution in [3.8, 4) is 0 Å². The van der Waals surface area contributed by atoms with Crippen LogP contribution in [0.25, 0.3) is 0 Å². The number of carbonyl (C=O) groups is 1. The highest BCUT2D eigenvalue weighted by Gasteiger charge is 2.30. The summed E-state index contributed by atoms with van der Waals surface area (Å²) in [4.78, 5) is 14.1. The second-order valence-electron chi connectivity index (χ2n) is 4.94. The third kappa shape index (κ3) is 2.50. The molecule has 2 rings (SSSR count). The molecule has 17 heavy (non-hydrogen) atoms. The van der Waals surface area contributed by atoms with Gasteiger partial charge in [-0.3, -0.25) is 4.79 Å². The highest BCUT2D eigenvalue weighted by Crippen LogP contribution is 2.22. The average Bonchev–Trinajstić information content (AvgIpc) is 2.24. The van der Waals surface area contributed by atoms with E-state index in [2.05, 4.69) is 5.32 Å². The molecule has 1 aromatic carbocycles. The first-order chi connectivity index (χ1) is 8.09. The quantitative estimate of drug-likeness (QED) is 0.862. The van der Waals surface area contributed by atoms with Crippen molar-refractivity contribution in [2.45, 2.75) is 13.8 Å². The molecule has 1 aromatic rings. The molecule has 3 nitrogen and oxygen atoms in total. The number of rotatable bonds is 3. The summed E-state index contributed by atoms with van der Waals surface area (Å²) in [5.41, 5.74) is 2.16. The summed E-state index contributed by atoms with van der Waals surface area (Å²) >= 11 is 0. The van der Waals surface area contributed by atoms with Crippen LogP contribution < -0.4 is 10.2 Å². The fourth-order valence-corrected chi connectivity index (χ4v) is 2.14. The van der Waals surface area contributed by atoms with Crippen molar-refractivity contribution in [1.82, 2.24) is 5.32 Å². The Kier molecular flexibility index (Phi) is 3.48. The van der Waals surface area contributed by atoms with Gasteiger partial charge in [0.25, 0.3) is 0 Å². The number of nitrogens with one attached hydrogen (secondary N) is 1. The molecule has 0 aromatic heterocycles. The minimum atomic E-state index is 0.0989. The molecule has 1 unspecified atom stereocenters. The maximum Gasteiger partial charge on any atom is 0.229 e. The van der Waals surface area contributed by atoms with E-state index in [1.807, 2.05) is 45.2 Å². The molecule has 1 heterocycles. The summed E-state index contributed by atoms with van der Waals surface area (Å²) in [5, 5.41) is 3.21. The first-order valence-electron chi connectivity index (χ1n) is 6.14. The lowest BCUT2D eigenvalue weighted by Crippen LogP contribution is -2.50. The lowest BCUT2D eigenvalue weighted by molar-refractivity contribution is -0.123. The number of aryl methyl sites for hydroxylation is 1. The summed E-state index contributed by atoms with van der Waals surface area (Å²) in [7, 11) is 1.86. The van der Waals surface area contributed by atoms with Gasteiger partial charge < -0.3 is 10.2 Å². The Balaban J connectivity index is 2.08. The van der Waals surface area contributed by atoms with Crippen molar-refractivity contribution in [3.05, 3.63) is 29.8 Å². The van der Waals surface area contributed by atoms with Gasteiger partial charge >= 0.3 is 0 Å². The zero-order valence-electron chi connectivity index (χ0n) is 10.7. The van der Waals surface area contributed by atoms with Crippen LogP contribution in [-0.4, -0.2) is 26.0 Å². The van der Waals surface area contributed by atoms with E-state index in [0.29, 0.717) is 5.92 Å². The second-order valence-corrected chi connectivity index (χ2v) is 4.94. The smallest absolute Gasteiger partial charge is 0.229 e. The summed E-state index contributed by atoms with van der Waals surface area (Å²) < 4.78 is 0. The molecule has 0 spiro atoms. The zero-order valence-corrected chi connectivity index (χ0v) is 10.7. The lowest BCUT2D eigenvalue weighted by Gasteiger charge is -2.34. The van der Waals surface area contributed by atoms with Crippen molar-refractivity contribution >= 4 is 11.6 Å². The number of anilines is 1. The number of carbonyl (C=O) groups excluding carboxylic acids is 1. The SMILES string of the molecule is Cc1cccc(N(C)C(=O)C(C)C2CNC2)c1. The predicted molar refractivity (Wildman–Crippen MR) is 70.1 cm³/mol. The Morgan fingerprint density at radius 1 is 1.47 bits per heavy atom. The Morgan fingerprint density at radius 3 is 2.71 bits per heavy atom. The van der Waals surface area contributed by atoms with Crippen LogP contribution >= 0.6 is 0 Å².